The van der Waals surface area contributed by atoms with Gasteiger partial charge in [-0.25, -0.2) is 4.39 Å². The van der Waals surface area contributed by atoms with Crippen LogP contribution < -0.4 is 0 Å². The van der Waals surface area contributed by atoms with Crippen LogP contribution in [-0.4, -0.2) is 5.78 Å². The average Bonchev–Trinajstić information content (AvgIpc) is 2.46. The largest absolute Gasteiger partial charge is 0.288 e. The Morgan fingerprint density at radius 2 is 1.38 bits per heavy atom. The standard InChI is InChI=1S/C18H18BrFO/c1-9-10(2)12(4)16(13(5)11(9)3)18(21)14-7-6-8-15(19)17(14)20/h6-8H,1-5H3. The number of halogens is 2. The van der Waals surface area contributed by atoms with Crippen LogP contribution in [0.15, 0.2) is 22.7 Å². The van der Waals surface area contributed by atoms with Crippen LogP contribution in [0.25, 0.3) is 0 Å². The minimum Gasteiger partial charge on any atom is -0.288 e. The summed E-state index contributed by atoms with van der Waals surface area (Å²) >= 11 is 3.14. The molecular formula is C18H18BrFO. The van der Waals surface area contributed by atoms with Crippen LogP contribution in [0.1, 0.15) is 43.7 Å². The Bertz CT molecular complexity index is 718. The molecule has 1 nitrogen and oxygen atoms in total. The van der Waals surface area contributed by atoms with Gasteiger partial charge < -0.3 is 0 Å². The maximum absolute atomic E-state index is 14.2. The summed E-state index contributed by atoms with van der Waals surface area (Å²) < 4.78 is 14.5. The summed E-state index contributed by atoms with van der Waals surface area (Å²) in [4.78, 5) is 12.8. The lowest BCUT2D eigenvalue weighted by Crippen LogP contribution is -2.12. The number of benzene rings is 2. The predicted molar refractivity (Wildman–Crippen MR) is 87.7 cm³/mol. The summed E-state index contributed by atoms with van der Waals surface area (Å²) in [7, 11) is 0. The topological polar surface area (TPSA) is 17.1 Å². The fourth-order valence-electron chi connectivity index (χ4n) is 2.65. The Kier molecular flexibility index (Phi) is 4.33. The summed E-state index contributed by atoms with van der Waals surface area (Å²) in [6.07, 6.45) is 0. The highest BCUT2D eigenvalue weighted by Gasteiger charge is 2.22. The van der Waals surface area contributed by atoms with Gasteiger partial charge in [0, 0.05) is 5.56 Å². The molecule has 0 atom stereocenters. The monoisotopic (exact) mass is 348 g/mol. The van der Waals surface area contributed by atoms with Gasteiger partial charge in [0.2, 0.25) is 0 Å². The summed E-state index contributed by atoms with van der Waals surface area (Å²) in [5.41, 5.74) is 5.97. The Hall–Kier alpha value is -1.48. The van der Waals surface area contributed by atoms with Crippen molar-refractivity contribution in [3.05, 3.63) is 67.4 Å². The first kappa shape index (κ1) is 15.9. The lowest BCUT2D eigenvalue weighted by atomic mass is 9.86. The minimum atomic E-state index is -0.503. The molecule has 0 aromatic heterocycles. The number of ketones is 1. The molecule has 0 heterocycles. The van der Waals surface area contributed by atoms with Crippen molar-refractivity contribution in [2.24, 2.45) is 0 Å². The smallest absolute Gasteiger partial charge is 0.196 e. The fourth-order valence-corrected chi connectivity index (χ4v) is 3.02. The summed E-state index contributed by atoms with van der Waals surface area (Å²) in [5.74, 6) is -0.757. The quantitative estimate of drug-likeness (QED) is 0.667. The molecule has 0 aliphatic rings. The van der Waals surface area contributed by atoms with Crippen molar-refractivity contribution in [1.82, 2.24) is 0 Å². The molecule has 0 fully saturated rings. The molecule has 110 valence electrons. The molecule has 0 saturated heterocycles. The van der Waals surface area contributed by atoms with Crippen LogP contribution in [0.4, 0.5) is 4.39 Å². The van der Waals surface area contributed by atoms with E-state index in [1.165, 1.54) is 11.6 Å². The van der Waals surface area contributed by atoms with E-state index in [1.807, 2.05) is 27.7 Å². The van der Waals surface area contributed by atoms with E-state index in [0.717, 1.165) is 22.3 Å². The van der Waals surface area contributed by atoms with Crippen molar-refractivity contribution in [3.63, 3.8) is 0 Å². The van der Waals surface area contributed by atoms with Gasteiger partial charge in [-0.15, -0.1) is 0 Å². The molecular weight excluding hydrogens is 331 g/mol. The highest BCUT2D eigenvalue weighted by Crippen LogP contribution is 2.29. The number of hydrogen-bond donors (Lipinski definition) is 0. The second kappa shape index (κ2) is 5.72. The number of carbonyl (C=O) groups is 1. The molecule has 0 bridgehead atoms. The van der Waals surface area contributed by atoms with Crippen molar-refractivity contribution in [3.8, 4) is 0 Å². The van der Waals surface area contributed by atoms with Gasteiger partial charge >= 0.3 is 0 Å². The van der Waals surface area contributed by atoms with E-state index in [0.29, 0.717) is 10.0 Å². The second-order valence-corrected chi connectivity index (χ2v) is 6.28. The number of rotatable bonds is 2. The molecule has 0 aliphatic heterocycles. The van der Waals surface area contributed by atoms with E-state index in [1.54, 1.807) is 12.1 Å². The van der Waals surface area contributed by atoms with Gasteiger partial charge in [0.05, 0.1) is 10.0 Å². The predicted octanol–water partition coefficient (Wildman–Crippen LogP) is 5.36. The zero-order valence-corrected chi connectivity index (χ0v) is 14.5. The van der Waals surface area contributed by atoms with Crippen LogP contribution in [0.3, 0.4) is 0 Å². The highest BCUT2D eigenvalue weighted by atomic mass is 79.9. The van der Waals surface area contributed by atoms with E-state index in [4.69, 9.17) is 0 Å². The third-order valence-electron chi connectivity index (χ3n) is 4.42. The minimum absolute atomic E-state index is 0.109. The van der Waals surface area contributed by atoms with Crippen LogP contribution in [0.5, 0.6) is 0 Å². The van der Waals surface area contributed by atoms with Crippen molar-refractivity contribution in [2.45, 2.75) is 34.6 Å². The SMILES string of the molecule is Cc1c(C)c(C)c(C(=O)c2cccc(Br)c2F)c(C)c1C. The van der Waals surface area contributed by atoms with E-state index < -0.39 is 5.82 Å². The van der Waals surface area contributed by atoms with Crippen LogP contribution in [0.2, 0.25) is 0 Å². The normalized spacial score (nSPS) is 10.8. The first-order chi connectivity index (χ1) is 9.77. The molecule has 0 N–H and O–H groups in total. The zero-order chi connectivity index (χ0) is 15.9. The van der Waals surface area contributed by atoms with Crippen molar-refractivity contribution >= 4 is 21.7 Å². The molecule has 2 aromatic rings. The fraction of sp³-hybridized carbons (Fsp3) is 0.278. The molecule has 2 aromatic carbocycles. The van der Waals surface area contributed by atoms with Crippen LogP contribution >= 0.6 is 15.9 Å². The first-order valence-corrected chi connectivity index (χ1v) is 7.62. The van der Waals surface area contributed by atoms with E-state index in [-0.39, 0.29) is 11.3 Å². The maximum atomic E-state index is 14.2. The van der Waals surface area contributed by atoms with Gasteiger partial charge in [-0.3, -0.25) is 4.79 Å². The van der Waals surface area contributed by atoms with Gasteiger partial charge in [-0.2, -0.15) is 0 Å². The average molecular weight is 349 g/mol. The molecule has 0 radical (unpaired) electrons. The molecule has 0 unspecified atom stereocenters. The van der Waals surface area contributed by atoms with E-state index in [9.17, 15) is 9.18 Å². The summed E-state index contributed by atoms with van der Waals surface area (Å²) in [6.45, 7) is 9.92. The van der Waals surface area contributed by atoms with Gasteiger partial charge in [0.25, 0.3) is 0 Å². The van der Waals surface area contributed by atoms with Crippen molar-refractivity contribution in [1.29, 1.82) is 0 Å². The van der Waals surface area contributed by atoms with Crippen molar-refractivity contribution in [2.75, 3.05) is 0 Å². The zero-order valence-electron chi connectivity index (χ0n) is 12.9. The summed E-state index contributed by atoms with van der Waals surface area (Å²) in [5, 5.41) is 0. The molecule has 0 saturated carbocycles. The third-order valence-corrected chi connectivity index (χ3v) is 5.04. The molecule has 21 heavy (non-hydrogen) atoms. The summed E-state index contributed by atoms with van der Waals surface area (Å²) in [6, 6.07) is 4.81. The lowest BCUT2D eigenvalue weighted by Gasteiger charge is -2.18. The first-order valence-electron chi connectivity index (χ1n) is 6.83. The Morgan fingerprint density at radius 1 is 0.905 bits per heavy atom. The lowest BCUT2D eigenvalue weighted by molar-refractivity contribution is 0.103. The Labute approximate surface area is 133 Å². The molecule has 0 amide bonds. The maximum Gasteiger partial charge on any atom is 0.196 e. The van der Waals surface area contributed by atoms with Gasteiger partial charge in [-0.1, -0.05) is 6.07 Å². The number of hydrogen-bond acceptors (Lipinski definition) is 1. The highest BCUT2D eigenvalue weighted by molar-refractivity contribution is 9.10. The molecule has 3 heteroatoms. The second-order valence-electron chi connectivity index (χ2n) is 5.43. The number of carbonyl (C=O) groups excluding carboxylic acids is 1. The van der Waals surface area contributed by atoms with Crippen LogP contribution in [-0.2, 0) is 0 Å². The molecule has 0 aliphatic carbocycles. The van der Waals surface area contributed by atoms with Gasteiger partial charge in [0.1, 0.15) is 5.82 Å². The molecule has 0 spiro atoms. The van der Waals surface area contributed by atoms with Gasteiger partial charge in [0.15, 0.2) is 5.78 Å². The molecule has 2 rings (SSSR count). The Balaban J connectivity index is 2.73. The van der Waals surface area contributed by atoms with Crippen LogP contribution in [0, 0.1) is 40.4 Å². The third kappa shape index (κ3) is 2.55. The van der Waals surface area contributed by atoms with Crippen molar-refractivity contribution < 1.29 is 9.18 Å². The van der Waals surface area contributed by atoms with Gasteiger partial charge in [-0.05, 0) is 90.5 Å². The van der Waals surface area contributed by atoms with E-state index in [2.05, 4.69) is 22.9 Å². The Morgan fingerprint density at radius 3 is 1.90 bits per heavy atom. The van der Waals surface area contributed by atoms with E-state index >= 15 is 0 Å².